The lowest BCUT2D eigenvalue weighted by Crippen LogP contribution is -2.46. The molecule has 1 heterocycles. The van der Waals surface area contributed by atoms with Crippen molar-refractivity contribution in [3.05, 3.63) is 35.9 Å². The molecule has 1 aliphatic heterocycles. The first-order valence-corrected chi connectivity index (χ1v) is 6.80. The van der Waals surface area contributed by atoms with E-state index in [9.17, 15) is 0 Å². The van der Waals surface area contributed by atoms with Crippen molar-refractivity contribution in [3.8, 4) is 0 Å². The Morgan fingerprint density at radius 2 is 2.00 bits per heavy atom. The van der Waals surface area contributed by atoms with E-state index in [0.717, 1.165) is 12.0 Å². The van der Waals surface area contributed by atoms with Crippen LogP contribution >= 0.6 is 0 Å². The summed E-state index contributed by atoms with van der Waals surface area (Å²) in [6.45, 7) is 4.67. The Morgan fingerprint density at radius 3 is 2.71 bits per heavy atom. The highest BCUT2D eigenvalue weighted by Gasteiger charge is 2.44. The van der Waals surface area contributed by atoms with E-state index in [1.54, 1.807) is 0 Å². The van der Waals surface area contributed by atoms with Crippen molar-refractivity contribution < 1.29 is 0 Å². The van der Waals surface area contributed by atoms with Gasteiger partial charge < -0.3 is 5.73 Å². The van der Waals surface area contributed by atoms with E-state index in [2.05, 4.69) is 42.2 Å². The van der Waals surface area contributed by atoms with Crippen LogP contribution in [0.25, 0.3) is 0 Å². The molecule has 0 spiro atoms. The van der Waals surface area contributed by atoms with Gasteiger partial charge in [0, 0.05) is 24.5 Å². The molecule has 1 saturated carbocycles. The summed E-state index contributed by atoms with van der Waals surface area (Å²) in [4.78, 5) is 2.66. The van der Waals surface area contributed by atoms with Crippen LogP contribution in [0, 0.1) is 5.92 Å². The molecule has 2 heteroatoms. The standard InChI is InChI=1S/C15H22N2/c1-11-10-17(8-7-14(11)16)15-9-13(15)12-5-3-2-4-6-12/h2-6,11,13-15H,7-10,16H2,1H3. The maximum atomic E-state index is 6.08. The molecular weight excluding hydrogens is 208 g/mol. The van der Waals surface area contributed by atoms with Gasteiger partial charge in [-0.3, -0.25) is 4.90 Å². The topological polar surface area (TPSA) is 29.3 Å². The Bertz CT molecular complexity index is 376. The average molecular weight is 230 g/mol. The zero-order valence-corrected chi connectivity index (χ0v) is 10.5. The molecule has 0 bridgehead atoms. The highest BCUT2D eigenvalue weighted by Crippen LogP contribution is 2.45. The number of nitrogens with zero attached hydrogens (tertiary/aromatic N) is 1. The third-order valence-corrected chi connectivity index (χ3v) is 4.46. The molecule has 17 heavy (non-hydrogen) atoms. The Morgan fingerprint density at radius 1 is 1.24 bits per heavy atom. The Labute approximate surface area is 104 Å². The summed E-state index contributed by atoms with van der Waals surface area (Å²) in [6.07, 6.45) is 2.51. The SMILES string of the molecule is CC1CN(C2CC2c2ccccc2)CCC1N. The van der Waals surface area contributed by atoms with Crippen molar-refractivity contribution in [2.45, 2.75) is 37.8 Å². The normalized spacial score (nSPS) is 38.0. The quantitative estimate of drug-likeness (QED) is 0.844. The smallest absolute Gasteiger partial charge is 0.0171 e. The molecule has 4 atom stereocenters. The maximum Gasteiger partial charge on any atom is 0.0171 e. The van der Waals surface area contributed by atoms with Gasteiger partial charge in [-0.1, -0.05) is 37.3 Å². The molecule has 1 saturated heterocycles. The monoisotopic (exact) mass is 230 g/mol. The molecule has 0 amide bonds. The van der Waals surface area contributed by atoms with Gasteiger partial charge in [-0.2, -0.15) is 0 Å². The molecule has 2 fully saturated rings. The molecule has 92 valence electrons. The van der Waals surface area contributed by atoms with E-state index in [0.29, 0.717) is 12.0 Å². The molecule has 2 nitrogen and oxygen atoms in total. The fourth-order valence-corrected chi connectivity index (χ4v) is 3.14. The van der Waals surface area contributed by atoms with Crippen LogP contribution in [0.1, 0.15) is 31.2 Å². The van der Waals surface area contributed by atoms with E-state index < -0.39 is 0 Å². The van der Waals surface area contributed by atoms with Gasteiger partial charge in [0.15, 0.2) is 0 Å². The lowest BCUT2D eigenvalue weighted by Gasteiger charge is -2.35. The summed E-state index contributed by atoms with van der Waals surface area (Å²) in [7, 11) is 0. The van der Waals surface area contributed by atoms with Crippen molar-refractivity contribution in [2.75, 3.05) is 13.1 Å². The highest BCUT2D eigenvalue weighted by molar-refractivity contribution is 5.28. The fraction of sp³-hybridized carbons (Fsp3) is 0.600. The molecule has 2 aliphatic rings. The van der Waals surface area contributed by atoms with Gasteiger partial charge in [0.1, 0.15) is 0 Å². The van der Waals surface area contributed by atoms with Gasteiger partial charge in [-0.15, -0.1) is 0 Å². The predicted molar refractivity (Wildman–Crippen MR) is 70.9 cm³/mol. The van der Waals surface area contributed by atoms with Crippen LogP contribution in [0.2, 0.25) is 0 Å². The van der Waals surface area contributed by atoms with Gasteiger partial charge in [0.2, 0.25) is 0 Å². The molecule has 1 aliphatic carbocycles. The van der Waals surface area contributed by atoms with Gasteiger partial charge in [-0.25, -0.2) is 0 Å². The van der Waals surface area contributed by atoms with E-state index in [4.69, 9.17) is 5.73 Å². The zero-order valence-electron chi connectivity index (χ0n) is 10.5. The molecule has 1 aromatic carbocycles. The van der Waals surface area contributed by atoms with Crippen LogP contribution in [-0.4, -0.2) is 30.1 Å². The van der Waals surface area contributed by atoms with Crippen LogP contribution in [0.5, 0.6) is 0 Å². The van der Waals surface area contributed by atoms with E-state index in [-0.39, 0.29) is 0 Å². The first-order chi connectivity index (χ1) is 8.25. The van der Waals surface area contributed by atoms with Crippen molar-refractivity contribution in [3.63, 3.8) is 0 Å². The number of piperidine rings is 1. The molecule has 4 unspecified atom stereocenters. The maximum absolute atomic E-state index is 6.08. The molecule has 0 radical (unpaired) electrons. The number of benzene rings is 1. The Balaban J connectivity index is 1.62. The summed E-state index contributed by atoms with van der Waals surface area (Å²) in [6, 6.07) is 12.1. The average Bonchev–Trinajstić information content (AvgIpc) is 3.14. The van der Waals surface area contributed by atoms with Crippen LogP contribution in [0.4, 0.5) is 0 Å². The lowest BCUT2D eigenvalue weighted by atomic mass is 9.94. The highest BCUT2D eigenvalue weighted by atomic mass is 15.2. The minimum Gasteiger partial charge on any atom is -0.327 e. The first-order valence-electron chi connectivity index (χ1n) is 6.80. The number of hydrogen-bond acceptors (Lipinski definition) is 2. The summed E-state index contributed by atoms with van der Waals surface area (Å²) in [5.41, 5.74) is 7.59. The number of likely N-dealkylation sites (tertiary alicyclic amines) is 1. The zero-order chi connectivity index (χ0) is 11.8. The minimum absolute atomic E-state index is 0.417. The lowest BCUT2D eigenvalue weighted by molar-refractivity contribution is 0.154. The van der Waals surface area contributed by atoms with Crippen molar-refractivity contribution in [1.82, 2.24) is 4.90 Å². The Hall–Kier alpha value is -0.860. The summed E-state index contributed by atoms with van der Waals surface area (Å²) >= 11 is 0. The second-order valence-electron chi connectivity index (χ2n) is 5.74. The van der Waals surface area contributed by atoms with Gasteiger partial charge in [-0.05, 0) is 30.9 Å². The molecule has 0 aromatic heterocycles. The van der Waals surface area contributed by atoms with Gasteiger partial charge >= 0.3 is 0 Å². The number of nitrogens with two attached hydrogens (primary N) is 1. The number of hydrogen-bond donors (Lipinski definition) is 1. The van der Waals surface area contributed by atoms with Crippen LogP contribution in [0.3, 0.4) is 0 Å². The third-order valence-electron chi connectivity index (χ3n) is 4.46. The first kappa shape index (κ1) is 11.2. The van der Waals surface area contributed by atoms with Crippen LogP contribution < -0.4 is 5.73 Å². The third kappa shape index (κ3) is 2.24. The van der Waals surface area contributed by atoms with Gasteiger partial charge in [0.25, 0.3) is 0 Å². The van der Waals surface area contributed by atoms with Crippen LogP contribution in [-0.2, 0) is 0 Å². The number of rotatable bonds is 2. The van der Waals surface area contributed by atoms with Crippen molar-refractivity contribution >= 4 is 0 Å². The predicted octanol–water partition coefficient (Wildman–Crippen LogP) is 2.21. The Kier molecular flexibility index (Phi) is 2.93. The van der Waals surface area contributed by atoms with Crippen LogP contribution in [0.15, 0.2) is 30.3 Å². The fourth-order valence-electron chi connectivity index (χ4n) is 3.14. The second kappa shape index (κ2) is 4.43. The summed E-state index contributed by atoms with van der Waals surface area (Å²) in [5.74, 6) is 1.43. The van der Waals surface area contributed by atoms with E-state index in [1.807, 2.05) is 0 Å². The van der Waals surface area contributed by atoms with Gasteiger partial charge in [0.05, 0.1) is 0 Å². The minimum atomic E-state index is 0.417. The summed E-state index contributed by atoms with van der Waals surface area (Å²) in [5, 5.41) is 0. The molecule has 1 aromatic rings. The largest absolute Gasteiger partial charge is 0.327 e. The molecule has 2 N–H and O–H groups in total. The van der Waals surface area contributed by atoms with E-state index in [1.165, 1.54) is 31.5 Å². The second-order valence-corrected chi connectivity index (χ2v) is 5.74. The summed E-state index contributed by atoms with van der Waals surface area (Å²) < 4.78 is 0. The van der Waals surface area contributed by atoms with Crippen molar-refractivity contribution in [2.24, 2.45) is 11.7 Å². The molecular formula is C15H22N2. The molecule has 3 rings (SSSR count). The van der Waals surface area contributed by atoms with Crippen molar-refractivity contribution in [1.29, 1.82) is 0 Å². The van der Waals surface area contributed by atoms with E-state index >= 15 is 0 Å².